The van der Waals surface area contributed by atoms with Gasteiger partial charge >= 0.3 is 0 Å². The molecule has 1 aromatic rings. The fourth-order valence-corrected chi connectivity index (χ4v) is 3.41. The van der Waals surface area contributed by atoms with Crippen molar-refractivity contribution in [3.8, 4) is 0 Å². The van der Waals surface area contributed by atoms with Gasteiger partial charge in [-0.05, 0) is 28.9 Å². The smallest absolute Gasteiger partial charge is 0.0615 e. The first-order valence-electron chi connectivity index (χ1n) is 6.83. The van der Waals surface area contributed by atoms with E-state index in [1.165, 1.54) is 4.88 Å². The predicted octanol–water partition coefficient (Wildman–Crippen LogP) is 2.58. The molecular weight excluding hydrogens is 340 g/mol. The van der Waals surface area contributed by atoms with E-state index >= 15 is 0 Å². The molecule has 0 radical (unpaired) electrons. The van der Waals surface area contributed by atoms with Crippen molar-refractivity contribution in [2.24, 2.45) is 0 Å². The Labute approximate surface area is 134 Å². The van der Waals surface area contributed by atoms with Crippen molar-refractivity contribution in [2.45, 2.75) is 19.5 Å². The Balaban J connectivity index is 2.26. The molecule has 6 heteroatoms. The van der Waals surface area contributed by atoms with Crippen molar-refractivity contribution in [3.05, 3.63) is 20.8 Å². The summed E-state index contributed by atoms with van der Waals surface area (Å²) in [4.78, 5) is 3.75. The third-order valence-electron chi connectivity index (χ3n) is 3.11. The highest BCUT2D eigenvalue weighted by Crippen LogP contribution is 2.19. The SMILES string of the molecule is COCCN(CCNCc1cc(Br)cs1)C(C)COC. The summed E-state index contributed by atoms with van der Waals surface area (Å²) in [5.74, 6) is 0. The lowest BCUT2D eigenvalue weighted by atomic mass is 10.3. The maximum atomic E-state index is 5.24. The van der Waals surface area contributed by atoms with Crippen LogP contribution in [-0.2, 0) is 16.0 Å². The molecule has 0 spiro atoms. The minimum absolute atomic E-state index is 0.410. The van der Waals surface area contributed by atoms with Crippen LogP contribution < -0.4 is 5.32 Å². The average Bonchev–Trinajstić information content (AvgIpc) is 2.84. The van der Waals surface area contributed by atoms with Crippen molar-refractivity contribution in [3.63, 3.8) is 0 Å². The molecule has 0 aliphatic heterocycles. The molecule has 1 N–H and O–H groups in total. The van der Waals surface area contributed by atoms with E-state index in [1.807, 2.05) is 0 Å². The van der Waals surface area contributed by atoms with Crippen molar-refractivity contribution < 1.29 is 9.47 Å². The zero-order chi connectivity index (χ0) is 14.8. The van der Waals surface area contributed by atoms with Crippen molar-refractivity contribution in [1.82, 2.24) is 10.2 Å². The first kappa shape index (κ1) is 18.1. The third kappa shape index (κ3) is 7.15. The van der Waals surface area contributed by atoms with E-state index in [2.05, 4.69) is 44.5 Å². The van der Waals surface area contributed by atoms with Gasteiger partial charge in [-0.2, -0.15) is 0 Å². The Kier molecular flexibility index (Phi) is 9.67. The Bertz CT molecular complexity index is 363. The molecule has 0 aliphatic rings. The van der Waals surface area contributed by atoms with Gasteiger partial charge in [-0.25, -0.2) is 0 Å². The molecular formula is C14H25BrN2O2S. The normalized spacial score (nSPS) is 13.1. The summed E-state index contributed by atoms with van der Waals surface area (Å²) >= 11 is 5.25. The molecule has 0 bridgehead atoms. The molecule has 0 aromatic carbocycles. The maximum absolute atomic E-state index is 5.24. The summed E-state index contributed by atoms with van der Waals surface area (Å²) in [6.07, 6.45) is 0. The maximum Gasteiger partial charge on any atom is 0.0615 e. The predicted molar refractivity (Wildman–Crippen MR) is 88.5 cm³/mol. The standard InChI is InChI=1S/C14H25BrN2O2S/c1-12(10-19-3)17(6-7-18-2)5-4-16-9-14-8-13(15)11-20-14/h8,11-12,16H,4-7,9-10H2,1-3H3. The van der Waals surface area contributed by atoms with Crippen molar-refractivity contribution in [2.75, 3.05) is 47.1 Å². The van der Waals surface area contributed by atoms with Crippen molar-refractivity contribution >= 4 is 27.3 Å². The number of hydrogen-bond donors (Lipinski definition) is 1. The molecule has 1 aromatic heterocycles. The van der Waals surface area contributed by atoms with E-state index in [9.17, 15) is 0 Å². The topological polar surface area (TPSA) is 33.7 Å². The van der Waals surface area contributed by atoms with E-state index in [-0.39, 0.29) is 0 Å². The summed E-state index contributed by atoms with van der Waals surface area (Å²) in [5.41, 5.74) is 0. The molecule has 1 heterocycles. The monoisotopic (exact) mass is 364 g/mol. The van der Waals surface area contributed by atoms with E-state index in [1.54, 1.807) is 25.6 Å². The molecule has 20 heavy (non-hydrogen) atoms. The van der Waals surface area contributed by atoms with Crippen LogP contribution in [0.15, 0.2) is 15.9 Å². The molecule has 4 nitrogen and oxygen atoms in total. The van der Waals surface area contributed by atoms with Gasteiger partial charge in [0.2, 0.25) is 0 Å². The van der Waals surface area contributed by atoms with Crippen LogP contribution in [0.2, 0.25) is 0 Å². The van der Waals surface area contributed by atoms with Crippen LogP contribution in [0.3, 0.4) is 0 Å². The van der Waals surface area contributed by atoms with Gasteiger partial charge in [0.05, 0.1) is 13.2 Å². The summed E-state index contributed by atoms with van der Waals surface area (Å²) in [6.45, 7) is 7.52. The van der Waals surface area contributed by atoms with Gasteiger partial charge in [-0.15, -0.1) is 11.3 Å². The molecule has 0 saturated heterocycles. The molecule has 0 fully saturated rings. The highest BCUT2D eigenvalue weighted by Gasteiger charge is 2.12. The molecule has 116 valence electrons. The number of ether oxygens (including phenoxy) is 2. The van der Waals surface area contributed by atoms with Gasteiger partial charge in [0.1, 0.15) is 0 Å². The highest BCUT2D eigenvalue weighted by molar-refractivity contribution is 9.10. The summed E-state index contributed by atoms with van der Waals surface area (Å²) < 4.78 is 11.6. The van der Waals surface area contributed by atoms with Crippen LogP contribution in [0, 0.1) is 0 Å². The lowest BCUT2D eigenvalue weighted by molar-refractivity contribution is 0.0757. The fourth-order valence-electron chi connectivity index (χ4n) is 1.99. The number of hydrogen-bond acceptors (Lipinski definition) is 5. The first-order valence-corrected chi connectivity index (χ1v) is 8.50. The number of halogens is 1. The van der Waals surface area contributed by atoms with E-state index < -0.39 is 0 Å². The van der Waals surface area contributed by atoms with Gasteiger partial charge in [0.15, 0.2) is 0 Å². The van der Waals surface area contributed by atoms with Crippen LogP contribution in [-0.4, -0.2) is 58.0 Å². The second-order valence-electron chi connectivity index (χ2n) is 4.74. The van der Waals surface area contributed by atoms with Gasteiger partial charge in [0.25, 0.3) is 0 Å². The van der Waals surface area contributed by atoms with E-state index in [4.69, 9.17) is 9.47 Å². The van der Waals surface area contributed by atoms with E-state index in [0.29, 0.717) is 6.04 Å². The van der Waals surface area contributed by atoms with Gasteiger partial charge in [-0.1, -0.05) is 0 Å². The van der Waals surface area contributed by atoms with E-state index in [0.717, 1.165) is 43.9 Å². The molecule has 1 rings (SSSR count). The number of nitrogens with one attached hydrogen (secondary N) is 1. The zero-order valence-electron chi connectivity index (χ0n) is 12.5. The Morgan fingerprint density at radius 2 is 2.15 bits per heavy atom. The van der Waals surface area contributed by atoms with Crippen LogP contribution in [0.5, 0.6) is 0 Å². The van der Waals surface area contributed by atoms with Crippen LogP contribution in [0.1, 0.15) is 11.8 Å². The average molecular weight is 365 g/mol. The lowest BCUT2D eigenvalue weighted by Gasteiger charge is -2.28. The summed E-state index contributed by atoms with van der Waals surface area (Å²) in [6, 6.07) is 2.57. The number of rotatable bonds is 11. The van der Waals surface area contributed by atoms with Crippen LogP contribution in [0.4, 0.5) is 0 Å². The zero-order valence-corrected chi connectivity index (χ0v) is 14.9. The Morgan fingerprint density at radius 1 is 1.35 bits per heavy atom. The number of nitrogens with zero attached hydrogens (tertiary/aromatic N) is 1. The number of methoxy groups -OCH3 is 2. The molecule has 1 unspecified atom stereocenters. The number of thiophene rings is 1. The molecule has 0 amide bonds. The van der Waals surface area contributed by atoms with Crippen molar-refractivity contribution in [1.29, 1.82) is 0 Å². The van der Waals surface area contributed by atoms with Gasteiger partial charge in [-0.3, -0.25) is 4.90 Å². The largest absolute Gasteiger partial charge is 0.383 e. The minimum atomic E-state index is 0.410. The quantitative estimate of drug-likeness (QED) is 0.612. The lowest BCUT2D eigenvalue weighted by Crippen LogP contribution is -2.42. The first-order chi connectivity index (χ1) is 9.67. The van der Waals surface area contributed by atoms with Crippen LogP contribution >= 0.6 is 27.3 Å². The highest BCUT2D eigenvalue weighted by atomic mass is 79.9. The summed E-state index contributed by atoms with van der Waals surface area (Å²) in [5, 5.41) is 5.60. The fraction of sp³-hybridized carbons (Fsp3) is 0.714. The third-order valence-corrected chi connectivity index (χ3v) is 4.81. The Hall–Kier alpha value is 0.0200. The second kappa shape index (κ2) is 10.7. The minimum Gasteiger partial charge on any atom is -0.383 e. The van der Waals surface area contributed by atoms with Gasteiger partial charge < -0.3 is 14.8 Å². The Morgan fingerprint density at radius 3 is 2.75 bits per heavy atom. The molecule has 0 aliphatic carbocycles. The van der Waals surface area contributed by atoms with Gasteiger partial charge in [0, 0.05) is 61.2 Å². The summed E-state index contributed by atoms with van der Waals surface area (Å²) in [7, 11) is 3.49. The molecule has 0 saturated carbocycles. The second-order valence-corrected chi connectivity index (χ2v) is 6.65. The van der Waals surface area contributed by atoms with Crippen LogP contribution in [0.25, 0.3) is 0 Å². The molecule has 1 atom stereocenters.